The van der Waals surface area contributed by atoms with Gasteiger partial charge in [0.1, 0.15) is 5.65 Å². The van der Waals surface area contributed by atoms with E-state index in [0.29, 0.717) is 16.9 Å². The van der Waals surface area contributed by atoms with Crippen LogP contribution in [0.15, 0.2) is 30.7 Å². The molecule has 0 bridgehead atoms. The van der Waals surface area contributed by atoms with E-state index in [4.69, 9.17) is 11.6 Å². The summed E-state index contributed by atoms with van der Waals surface area (Å²) in [5.41, 5.74) is 2.44. The summed E-state index contributed by atoms with van der Waals surface area (Å²) >= 11 is 6.05. The molecule has 3 rings (SSSR count). The van der Waals surface area contributed by atoms with Gasteiger partial charge in [-0.2, -0.15) is 0 Å². The summed E-state index contributed by atoms with van der Waals surface area (Å²) in [6.07, 6.45) is 6.01. The molecule has 0 aliphatic heterocycles. The number of hydrogen-bond acceptors (Lipinski definition) is 5. The topological polar surface area (TPSA) is 86.7 Å². The number of hydrogen-bond donors (Lipinski definition) is 3. The van der Waals surface area contributed by atoms with E-state index in [1.165, 1.54) is 0 Å². The second-order valence-corrected chi connectivity index (χ2v) is 6.61. The largest absolute Gasteiger partial charge is 0.394 e. The fraction of sp³-hybridized carbons (Fsp3) is 0.353. The van der Waals surface area contributed by atoms with Crippen molar-refractivity contribution in [2.45, 2.75) is 26.3 Å². The van der Waals surface area contributed by atoms with Gasteiger partial charge in [0.25, 0.3) is 0 Å². The first-order valence-electron chi connectivity index (χ1n) is 7.90. The lowest BCUT2D eigenvalue weighted by atomic mass is 10.0. The zero-order chi connectivity index (χ0) is 17.1. The molecular weight excluding hydrogens is 326 g/mol. The zero-order valence-corrected chi connectivity index (χ0v) is 14.4. The molecule has 0 aliphatic carbocycles. The maximum Gasteiger partial charge on any atom is 0.223 e. The van der Waals surface area contributed by atoms with Crippen LogP contribution in [0.3, 0.4) is 0 Å². The lowest BCUT2D eigenvalue weighted by Crippen LogP contribution is -2.26. The highest BCUT2D eigenvalue weighted by Gasteiger charge is 2.13. The van der Waals surface area contributed by atoms with Crippen LogP contribution in [-0.2, 0) is 0 Å². The average molecular weight is 346 g/mol. The van der Waals surface area contributed by atoms with Gasteiger partial charge in [-0.25, -0.2) is 15.0 Å². The van der Waals surface area contributed by atoms with Crippen molar-refractivity contribution in [2.24, 2.45) is 5.92 Å². The van der Waals surface area contributed by atoms with Crippen molar-refractivity contribution in [3.05, 3.63) is 35.7 Å². The second kappa shape index (κ2) is 7.15. The first kappa shape index (κ1) is 16.7. The summed E-state index contributed by atoms with van der Waals surface area (Å²) < 4.78 is 0. The first-order chi connectivity index (χ1) is 11.6. The summed E-state index contributed by atoms with van der Waals surface area (Å²) in [7, 11) is 0. The van der Waals surface area contributed by atoms with E-state index in [1.54, 1.807) is 12.4 Å². The highest BCUT2D eigenvalue weighted by atomic mass is 35.5. The van der Waals surface area contributed by atoms with Gasteiger partial charge in [-0.3, -0.25) is 0 Å². The average Bonchev–Trinajstić information content (AvgIpc) is 2.97. The molecular formula is C17H20ClN5O. The van der Waals surface area contributed by atoms with Gasteiger partial charge in [-0.1, -0.05) is 25.4 Å². The number of H-pyrrole nitrogens is 1. The molecule has 0 amide bonds. The highest BCUT2D eigenvalue weighted by Crippen LogP contribution is 2.28. The third-order valence-electron chi connectivity index (χ3n) is 3.74. The van der Waals surface area contributed by atoms with E-state index in [9.17, 15) is 5.11 Å². The minimum absolute atomic E-state index is 0.0401. The molecule has 126 valence electrons. The van der Waals surface area contributed by atoms with Gasteiger partial charge in [0.15, 0.2) is 0 Å². The van der Waals surface area contributed by atoms with Gasteiger partial charge >= 0.3 is 0 Å². The molecule has 0 saturated carbocycles. The number of nitrogens with zero attached hydrogens (tertiary/aromatic N) is 3. The van der Waals surface area contributed by atoms with Gasteiger partial charge < -0.3 is 15.4 Å². The zero-order valence-electron chi connectivity index (χ0n) is 13.6. The summed E-state index contributed by atoms with van der Waals surface area (Å²) in [5, 5.41) is 14.2. The van der Waals surface area contributed by atoms with Crippen LogP contribution in [0.2, 0.25) is 5.02 Å². The Hall–Kier alpha value is -2.18. The number of aromatic nitrogens is 4. The van der Waals surface area contributed by atoms with E-state index in [0.717, 1.165) is 28.7 Å². The number of nitrogens with one attached hydrogen (secondary N) is 2. The maximum absolute atomic E-state index is 9.52. The van der Waals surface area contributed by atoms with Gasteiger partial charge in [0, 0.05) is 29.5 Å². The standard InChI is InChI=1S/C17H20ClN5O/c1-10(2)5-12(9-24)22-17-19-4-3-15(23-17)14-8-21-16-13(14)6-11(18)7-20-16/h3-4,6-8,10,12,24H,5,9H2,1-2H3,(H,20,21)(H,19,22,23)/t12-/m0/s1. The van der Waals surface area contributed by atoms with Gasteiger partial charge in [-0.15, -0.1) is 0 Å². The third-order valence-corrected chi connectivity index (χ3v) is 3.95. The SMILES string of the molecule is CC(C)C[C@@H](CO)Nc1nccc(-c2c[nH]c3ncc(Cl)cc23)n1. The smallest absolute Gasteiger partial charge is 0.223 e. The number of aliphatic hydroxyl groups is 1. The van der Waals surface area contributed by atoms with Crippen molar-refractivity contribution in [1.29, 1.82) is 0 Å². The van der Waals surface area contributed by atoms with Gasteiger partial charge in [0.05, 0.1) is 23.4 Å². The molecule has 1 atom stereocenters. The lowest BCUT2D eigenvalue weighted by molar-refractivity contribution is 0.259. The number of aromatic amines is 1. The monoisotopic (exact) mass is 345 g/mol. The van der Waals surface area contributed by atoms with Crippen molar-refractivity contribution in [2.75, 3.05) is 11.9 Å². The molecule has 0 saturated heterocycles. The Morgan fingerprint density at radius 2 is 2.17 bits per heavy atom. The number of pyridine rings is 1. The van der Waals surface area contributed by atoms with E-state index in [2.05, 4.69) is 39.1 Å². The van der Waals surface area contributed by atoms with Crippen molar-refractivity contribution in [3.8, 4) is 11.3 Å². The number of aliphatic hydroxyl groups excluding tert-OH is 1. The molecule has 0 aliphatic rings. The Labute approximate surface area is 145 Å². The van der Waals surface area contributed by atoms with Crippen molar-refractivity contribution in [1.82, 2.24) is 19.9 Å². The molecule has 3 aromatic heterocycles. The third kappa shape index (κ3) is 3.66. The van der Waals surface area contributed by atoms with Gasteiger partial charge in [0.2, 0.25) is 5.95 Å². The molecule has 7 heteroatoms. The Kier molecular flexibility index (Phi) is 4.97. The lowest BCUT2D eigenvalue weighted by Gasteiger charge is -2.18. The Morgan fingerprint density at radius 3 is 2.92 bits per heavy atom. The van der Waals surface area contributed by atoms with Crippen LogP contribution in [-0.4, -0.2) is 37.7 Å². The molecule has 3 N–H and O–H groups in total. The van der Waals surface area contributed by atoms with Crippen LogP contribution in [0.1, 0.15) is 20.3 Å². The molecule has 0 unspecified atom stereocenters. The molecule has 0 fully saturated rings. The van der Waals surface area contributed by atoms with Crippen LogP contribution < -0.4 is 5.32 Å². The fourth-order valence-corrected chi connectivity index (χ4v) is 2.86. The number of anilines is 1. The van der Waals surface area contributed by atoms with Crippen molar-refractivity contribution >= 4 is 28.6 Å². The summed E-state index contributed by atoms with van der Waals surface area (Å²) in [6, 6.07) is 3.63. The van der Waals surface area contributed by atoms with E-state index in [-0.39, 0.29) is 12.6 Å². The minimum atomic E-state index is -0.0701. The van der Waals surface area contributed by atoms with Crippen LogP contribution in [0, 0.1) is 5.92 Å². The Morgan fingerprint density at radius 1 is 1.33 bits per heavy atom. The maximum atomic E-state index is 9.52. The van der Waals surface area contributed by atoms with E-state index >= 15 is 0 Å². The minimum Gasteiger partial charge on any atom is -0.394 e. The normalized spacial score (nSPS) is 12.7. The quantitative estimate of drug-likeness (QED) is 0.636. The van der Waals surface area contributed by atoms with Gasteiger partial charge in [-0.05, 0) is 24.5 Å². The summed E-state index contributed by atoms with van der Waals surface area (Å²) in [6.45, 7) is 4.27. The predicted molar refractivity (Wildman–Crippen MR) is 96.1 cm³/mol. The highest BCUT2D eigenvalue weighted by molar-refractivity contribution is 6.31. The molecule has 3 heterocycles. The molecule has 0 aromatic carbocycles. The summed E-state index contributed by atoms with van der Waals surface area (Å²) in [5.74, 6) is 0.969. The van der Waals surface area contributed by atoms with E-state index < -0.39 is 0 Å². The Bertz CT molecular complexity index is 833. The summed E-state index contributed by atoms with van der Waals surface area (Å²) in [4.78, 5) is 16.2. The van der Waals surface area contributed by atoms with E-state index in [1.807, 2.05) is 18.3 Å². The number of fused-ring (bicyclic) bond motifs is 1. The number of halogens is 1. The van der Waals surface area contributed by atoms with Crippen LogP contribution in [0.25, 0.3) is 22.3 Å². The molecule has 6 nitrogen and oxygen atoms in total. The molecule has 0 radical (unpaired) electrons. The predicted octanol–water partition coefficient (Wildman–Crippen LogP) is 3.49. The molecule has 0 spiro atoms. The fourth-order valence-electron chi connectivity index (χ4n) is 2.70. The molecule has 3 aromatic rings. The molecule has 24 heavy (non-hydrogen) atoms. The second-order valence-electron chi connectivity index (χ2n) is 6.17. The van der Waals surface area contributed by atoms with Crippen molar-refractivity contribution in [3.63, 3.8) is 0 Å². The number of rotatable bonds is 6. The van der Waals surface area contributed by atoms with Crippen LogP contribution in [0.5, 0.6) is 0 Å². The Balaban J connectivity index is 1.90. The van der Waals surface area contributed by atoms with Crippen molar-refractivity contribution < 1.29 is 5.11 Å². The van der Waals surface area contributed by atoms with Crippen LogP contribution >= 0.6 is 11.6 Å². The first-order valence-corrected chi connectivity index (χ1v) is 8.28. The van der Waals surface area contributed by atoms with Crippen LogP contribution in [0.4, 0.5) is 5.95 Å².